The molecule has 5 rings (SSSR count). The maximum Gasteiger partial charge on any atom is 0.433 e. The second-order valence-electron chi connectivity index (χ2n) is 14.2. The molecule has 3 aliphatic carbocycles. The summed E-state index contributed by atoms with van der Waals surface area (Å²) in [6.07, 6.45) is -0.579. The van der Waals surface area contributed by atoms with Gasteiger partial charge in [0.15, 0.2) is 14.0 Å². The lowest BCUT2D eigenvalue weighted by Crippen LogP contribution is -2.55. The molecule has 8 nitrogen and oxygen atoms in total. The maximum atomic E-state index is 15.0. The summed E-state index contributed by atoms with van der Waals surface area (Å²) in [6, 6.07) is 2.36. The fraction of sp³-hybridized carbons (Fsp3) is 0.688. The molecule has 3 aliphatic rings. The van der Waals surface area contributed by atoms with Gasteiger partial charge in [-0.05, 0) is 62.1 Å². The summed E-state index contributed by atoms with van der Waals surface area (Å²) in [5.41, 5.74) is -3.76. The van der Waals surface area contributed by atoms with Gasteiger partial charge in [-0.3, -0.25) is 14.5 Å². The molecule has 0 spiro atoms. The standard InChI is InChI=1S/C32H45Cl2F3N4O4Si/c1-7-46(8-2,9-3)45-24(25-22(33)17-38-18-23(25)34)19-40(20-29(4,5)6)27(42)21-16-39-41(26(21)32(35,36)37)31-13-10-30(11-14-31,12-15-31)28(43)44/h16-18,24H,7-15,19-20H2,1-6H3,(H,43,44)/p-1. The molecule has 3 fully saturated rings. The highest BCUT2D eigenvalue weighted by atomic mass is 35.5. The first-order chi connectivity index (χ1) is 21.4. The third kappa shape index (κ3) is 7.15. The molecule has 0 radical (unpaired) electrons. The SMILES string of the molecule is CC[Si](CC)(CC)OC(CN(CC(C)(C)C)C(=O)c1cnn(C23CCC(C(=O)[O-])(CC2)CC3)c1C(F)(F)F)c1c(Cl)cncc1Cl. The second kappa shape index (κ2) is 13.4. The monoisotopic (exact) mass is 703 g/mol. The number of alkyl halides is 3. The zero-order valence-corrected chi connectivity index (χ0v) is 29.9. The molecule has 0 saturated heterocycles. The van der Waals surface area contributed by atoms with E-state index in [1.54, 1.807) is 0 Å². The molecular weight excluding hydrogens is 660 g/mol. The highest BCUT2D eigenvalue weighted by Crippen LogP contribution is 2.56. The molecule has 256 valence electrons. The van der Waals surface area contributed by atoms with E-state index in [2.05, 4.69) is 30.9 Å². The van der Waals surface area contributed by atoms with Gasteiger partial charge in [-0.1, -0.05) is 64.7 Å². The molecule has 2 aromatic heterocycles. The van der Waals surface area contributed by atoms with Crippen molar-refractivity contribution in [2.45, 2.75) is 116 Å². The van der Waals surface area contributed by atoms with E-state index < -0.39 is 60.1 Å². The van der Waals surface area contributed by atoms with Crippen LogP contribution in [0.15, 0.2) is 18.6 Å². The summed E-state index contributed by atoms with van der Waals surface area (Å²) in [4.78, 5) is 31.7. The summed E-state index contributed by atoms with van der Waals surface area (Å²) < 4.78 is 52.8. The molecule has 1 amide bonds. The van der Waals surface area contributed by atoms with Crippen LogP contribution in [0.1, 0.15) is 108 Å². The summed E-state index contributed by atoms with van der Waals surface area (Å²) in [5, 5.41) is 16.6. The Hall–Kier alpha value is -2.15. The Morgan fingerprint density at radius 2 is 1.52 bits per heavy atom. The van der Waals surface area contributed by atoms with Crippen LogP contribution in [0.3, 0.4) is 0 Å². The summed E-state index contributed by atoms with van der Waals surface area (Å²) in [6.45, 7) is 11.9. The van der Waals surface area contributed by atoms with Crippen molar-refractivity contribution in [2.75, 3.05) is 13.1 Å². The van der Waals surface area contributed by atoms with Gasteiger partial charge in [-0.15, -0.1) is 0 Å². The van der Waals surface area contributed by atoms with Crippen molar-refractivity contribution in [3.8, 4) is 0 Å². The van der Waals surface area contributed by atoms with E-state index in [4.69, 9.17) is 27.6 Å². The van der Waals surface area contributed by atoms with Crippen LogP contribution in [0.25, 0.3) is 0 Å². The minimum atomic E-state index is -4.90. The Morgan fingerprint density at radius 1 is 1.00 bits per heavy atom. The molecule has 14 heteroatoms. The second-order valence-corrected chi connectivity index (χ2v) is 19.8. The van der Waals surface area contributed by atoms with Gasteiger partial charge in [0.05, 0.1) is 40.0 Å². The Labute approximate surface area is 280 Å². The van der Waals surface area contributed by atoms with Crippen LogP contribution < -0.4 is 5.11 Å². The number of carboxylic acids is 1. The first kappa shape index (κ1) is 36.7. The van der Waals surface area contributed by atoms with E-state index in [-0.39, 0.29) is 61.7 Å². The van der Waals surface area contributed by atoms with Crippen LogP contribution in [0.4, 0.5) is 13.2 Å². The predicted molar refractivity (Wildman–Crippen MR) is 171 cm³/mol. The van der Waals surface area contributed by atoms with Crippen molar-refractivity contribution in [1.82, 2.24) is 19.7 Å². The van der Waals surface area contributed by atoms with Crippen molar-refractivity contribution in [1.29, 1.82) is 0 Å². The van der Waals surface area contributed by atoms with Gasteiger partial charge in [0.25, 0.3) is 5.91 Å². The molecule has 2 heterocycles. The van der Waals surface area contributed by atoms with Crippen molar-refractivity contribution in [3.63, 3.8) is 0 Å². The Bertz CT molecular complexity index is 1390. The maximum absolute atomic E-state index is 15.0. The normalized spacial score (nSPS) is 22.6. The lowest BCUT2D eigenvalue weighted by molar-refractivity contribution is -0.324. The first-order valence-corrected chi connectivity index (χ1v) is 19.3. The molecule has 46 heavy (non-hydrogen) atoms. The van der Waals surface area contributed by atoms with Gasteiger partial charge in [-0.2, -0.15) is 18.3 Å². The van der Waals surface area contributed by atoms with Gasteiger partial charge in [0, 0.05) is 35.9 Å². The largest absolute Gasteiger partial charge is 0.550 e. The Kier molecular flexibility index (Phi) is 10.7. The van der Waals surface area contributed by atoms with Gasteiger partial charge in [-0.25, -0.2) is 0 Å². The summed E-state index contributed by atoms with van der Waals surface area (Å²) >= 11 is 13.2. The molecule has 0 aromatic carbocycles. The number of hydrogen-bond donors (Lipinski definition) is 0. The lowest BCUT2D eigenvalue weighted by atomic mass is 9.57. The number of aromatic nitrogens is 3. The third-order valence-corrected chi connectivity index (χ3v) is 15.5. The Morgan fingerprint density at radius 3 is 1.96 bits per heavy atom. The van der Waals surface area contributed by atoms with Crippen molar-refractivity contribution in [3.05, 3.63) is 45.5 Å². The van der Waals surface area contributed by atoms with Gasteiger partial charge < -0.3 is 19.2 Å². The molecule has 0 N–H and O–H groups in total. The van der Waals surface area contributed by atoms with E-state index in [1.807, 2.05) is 20.8 Å². The smallest absolute Gasteiger partial charge is 0.433 e. The highest BCUT2D eigenvalue weighted by Gasteiger charge is 2.54. The van der Waals surface area contributed by atoms with Crippen LogP contribution in [0, 0.1) is 10.8 Å². The van der Waals surface area contributed by atoms with Crippen molar-refractivity contribution >= 4 is 43.4 Å². The predicted octanol–water partition coefficient (Wildman–Crippen LogP) is 7.65. The number of rotatable bonds is 12. The highest BCUT2D eigenvalue weighted by molar-refractivity contribution is 6.73. The molecule has 1 unspecified atom stereocenters. The van der Waals surface area contributed by atoms with Crippen LogP contribution in [-0.2, 0) is 20.9 Å². The number of halogens is 5. The number of carboxylic acid groups (broad SMARTS) is 1. The number of carbonyl (C=O) groups is 2. The van der Waals surface area contributed by atoms with Crippen LogP contribution in [0.5, 0.6) is 0 Å². The van der Waals surface area contributed by atoms with E-state index in [0.29, 0.717) is 5.56 Å². The summed E-state index contributed by atoms with van der Waals surface area (Å²) in [5.74, 6) is -1.98. The third-order valence-electron chi connectivity index (χ3n) is 10.2. The molecular formula is C32H44Cl2F3N4O4Si-. The van der Waals surface area contributed by atoms with Gasteiger partial charge in [0.1, 0.15) is 0 Å². The first-order valence-electron chi connectivity index (χ1n) is 16.0. The topological polar surface area (TPSA) is 100 Å². The zero-order chi connectivity index (χ0) is 34.3. The van der Waals surface area contributed by atoms with Crippen molar-refractivity contribution < 1.29 is 32.3 Å². The number of fused-ring (bicyclic) bond motifs is 3. The fourth-order valence-corrected chi connectivity index (χ4v) is 10.7. The van der Waals surface area contributed by atoms with Crippen LogP contribution in [-0.4, -0.2) is 52.9 Å². The van der Waals surface area contributed by atoms with E-state index in [9.17, 15) is 27.9 Å². The molecule has 3 saturated carbocycles. The average Bonchev–Trinajstić information content (AvgIpc) is 3.46. The number of pyridine rings is 1. The molecule has 0 aliphatic heterocycles. The minimum absolute atomic E-state index is 0.0872. The summed E-state index contributed by atoms with van der Waals surface area (Å²) in [7, 11) is -2.35. The molecule has 2 aromatic rings. The number of amides is 1. The Balaban J connectivity index is 1.80. The van der Waals surface area contributed by atoms with Gasteiger partial charge >= 0.3 is 6.18 Å². The van der Waals surface area contributed by atoms with Crippen LogP contribution in [0.2, 0.25) is 28.2 Å². The van der Waals surface area contributed by atoms with Crippen molar-refractivity contribution in [2.24, 2.45) is 10.8 Å². The van der Waals surface area contributed by atoms with E-state index in [1.165, 1.54) is 17.3 Å². The van der Waals surface area contributed by atoms with Gasteiger partial charge in [0.2, 0.25) is 0 Å². The minimum Gasteiger partial charge on any atom is -0.550 e. The number of carbonyl (C=O) groups excluding carboxylic acids is 2. The number of nitrogens with zero attached hydrogens (tertiary/aromatic N) is 4. The zero-order valence-electron chi connectivity index (χ0n) is 27.4. The fourth-order valence-electron chi connectivity index (χ4n) is 7.31. The lowest BCUT2D eigenvalue weighted by Gasteiger charge is -2.54. The quantitative estimate of drug-likeness (QED) is 0.211. The van der Waals surface area contributed by atoms with Crippen LogP contribution >= 0.6 is 23.2 Å². The molecule has 1 atom stereocenters. The number of aliphatic carboxylic acids is 1. The van der Waals surface area contributed by atoms with E-state index >= 15 is 0 Å². The molecule has 2 bridgehead atoms. The van der Waals surface area contributed by atoms with E-state index in [0.717, 1.165) is 29.0 Å². The average molecular weight is 705 g/mol. The number of hydrogen-bond acceptors (Lipinski definition) is 6.